The van der Waals surface area contributed by atoms with Crippen LogP contribution >= 0.6 is 15.9 Å². The summed E-state index contributed by atoms with van der Waals surface area (Å²) in [6, 6.07) is 14.3. The first-order valence-electron chi connectivity index (χ1n) is 15.6. The number of nitrogens with one attached hydrogen (secondary N) is 1. The lowest BCUT2D eigenvalue weighted by molar-refractivity contribution is -0.146. The van der Waals surface area contributed by atoms with Gasteiger partial charge in [0.25, 0.3) is 5.91 Å². The molecule has 3 saturated heterocycles. The van der Waals surface area contributed by atoms with Crippen molar-refractivity contribution in [3.63, 3.8) is 0 Å². The van der Waals surface area contributed by atoms with Gasteiger partial charge in [0.05, 0.1) is 37.7 Å². The number of carbonyl (C=O) groups is 4. The van der Waals surface area contributed by atoms with Gasteiger partial charge in [0.15, 0.2) is 0 Å². The van der Waals surface area contributed by atoms with Crippen molar-refractivity contribution in [1.29, 1.82) is 0 Å². The molecule has 3 amide bonds. The van der Waals surface area contributed by atoms with E-state index in [1.54, 1.807) is 43.5 Å². The lowest BCUT2D eigenvalue weighted by Gasteiger charge is -2.37. The van der Waals surface area contributed by atoms with E-state index in [0.29, 0.717) is 24.3 Å². The van der Waals surface area contributed by atoms with Gasteiger partial charge in [-0.3, -0.25) is 19.2 Å². The first-order valence-corrected chi connectivity index (χ1v) is 16.5. The number of aliphatic hydroxyl groups is 1. The van der Waals surface area contributed by atoms with Crippen LogP contribution in [0, 0.1) is 11.8 Å². The first kappa shape index (κ1) is 34.3. The number of methoxy groups -OCH3 is 1. The van der Waals surface area contributed by atoms with Crippen molar-refractivity contribution in [2.45, 2.75) is 47.9 Å². The third kappa shape index (κ3) is 6.59. The van der Waals surface area contributed by atoms with Gasteiger partial charge >= 0.3 is 5.97 Å². The molecule has 0 radical (unpaired) electrons. The number of rotatable bonds is 15. The highest BCUT2D eigenvalue weighted by Gasteiger charge is 2.76. The number of aliphatic hydroxyl groups excluding tert-OH is 1. The number of carbonyl (C=O) groups excluding carboxylic acids is 4. The second-order valence-corrected chi connectivity index (χ2v) is 13.0. The molecule has 3 aliphatic heterocycles. The van der Waals surface area contributed by atoms with Crippen LogP contribution in [-0.4, -0.2) is 89.7 Å². The van der Waals surface area contributed by atoms with Crippen LogP contribution in [0.3, 0.4) is 0 Å². The van der Waals surface area contributed by atoms with Crippen molar-refractivity contribution < 1.29 is 38.5 Å². The maximum atomic E-state index is 14.5. The molecule has 2 N–H and O–H groups in total. The highest BCUT2D eigenvalue weighted by Crippen LogP contribution is 2.60. The maximum absolute atomic E-state index is 14.5. The number of likely N-dealkylation sites (tertiary alicyclic amines) is 1. The molecule has 3 fully saturated rings. The molecule has 0 saturated carbocycles. The van der Waals surface area contributed by atoms with Gasteiger partial charge in [-0.05, 0) is 42.7 Å². The van der Waals surface area contributed by atoms with Crippen LogP contribution < -0.4 is 15.0 Å². The van der Waals surface area contributed by atoms with E-state index in [0.717, 1.165) is 5.56 Å². The Morgan fingerprint density at radius 1 is 1.17 bits per heavy atom. The molecule has 2 aromatic carbocycles. The Labute approximate surface area is 282 Å². The molecule has 2 bridgehead atoms. The van der Waals surface area contributed by atoms with E-state index in [1.807, 2.05) is 30.3 Å². The number of hydrogen-bond acceptors (Lipinski definition) is 8. The number of benzene rings is 2. The van der Waals surface area contributed by atoms with Crippen LogP contribution in [0.5, 0.6) is 5.75 Å². The van der Waals surface area contributed by atoms with E-state index in [-0.39, 0.29) is 37.6 Å². The third-order valence-corrected chi connectivity index (χ3v) is 9.96. The quantitative estimate of drug-likeness (QED) is 0.164. The second kappa shape index (κ2) is 14.8. The number of alkyl halides is 1. The smallest absolute Gasteiger partial charge is 0.306 e. The van der Waals surface area contributed by atoms with Crippen LogP contribution in [0.2, 0.25) is 0 Å². The van der Waals surface area contributed by atoms with Gasteiger partial charge in [-0.25, -0.2) is 0 Å². The highest BCUT2D eigenvalue weighted by atomic mass is 79.9. The van der Waals surface area contributed by atoms with Crippen LogP contribution in [-0.2, 0) is 28.7 Å². The monoisotopic (exact) mass is 709 g/mol. The van der Waals surface area contributed by atoms with Crippen molar-refractivity contribution in [2.75, 3.05) is 38.3 Å². The van der Waals surface area contributed by atoms with Crippen molar-refractivity contribution in [2.24, 2.45) is 11.8 Å². The van der Waals surface area contributed by atoms with E-state index >= 15 is 0 Å². The largest absolute Gasteiger partial charge is 0.497 e. The zero-order valence-corrected chi connectivity index (χ0v) is 27.8. The van der Waals surface area contributed by atoms with Gasteiger partial charge in [-0.2, -0.15) is 0 Å². The molecule has 12 heteroatoms. The molecule has 0 aliphatic carbocycles. The Hall–Kier alpha value is -4.00. The number of hydrogen-bond donors (Lipinski definition) is 2. The zero-order valence-electron chi connectivity index (χ0n) is 26.3. The number of β-amino-alcohol motifs (C(OH)–C–C–N with tert-alkyl or cyclic N) is 1. The number of nitrogens with zero attached hydrogens (tertiary/aromatic N) is 2. The van der Waals surface area contributed by atoms with Crippen molar-refractivity contribution in [1.82, 2.24) is 10.2 Å². The fourth-order valence-corrected chi connectivity index (χ4v) is 8.00. The summed E-state index contributed by atoms with van der Waals surface area (Å²) in [6.07, 6.45) is 3.46. The number of allylic oxidation sites excluding steroid dienone is 1. The summed E-state index contributed by atoms with van der Waals surface area (Å²) in [6.45, 7) is 7.01. The number of fused-ring (bicyclic) bond motifs is 1. The molecule has 1 unspecified atom stereocenters. The normalized spacial score (nSPS) is 26.3. The second-order valence-electron chi connectivity index (χ2n) is 11.8. The van der Waals surface area contributed by atoms with Crippen molar-refractivity contribution in [3.8, 4) is 5.75 Å². The summed E-state index contributed by atoms with van der Waals surface area (Å²) in [5.74, 6) is -3.02. The summed E-state index contributed by atoms with van der Waals surface area (Å²) < 4.78 is 17.4. The average Bonchev–Trinajstić information content (AvgIpc) is 3.68. The molecular formula is C35H40BrN3O8. The molecule has 5 rings (SSSR count). The molecule has 3 aliphatic rings. The van der Waals surface area contributed by atoms with Crippen molar-refractivity contribution in [3.05, 3.63) is 85.5 Å². The summed E-state index contributed by atoms with van der Waals surface area (Å²) >= 11 is 3.69. The standard InChI is InChI=1S/C35H40BrN3O8/c1-4-6-12-27(41)46-21-26(22-10-8-7-9-11-22)37-32(42)28-29-33(43)39(18-19-40)31(35(29)20-25(36)30(28)47-35)34(44)38(17-5-2)23-13-15-24(45-3)16-14-23/h4-5,7-11,13-16,25-26,28-31,40H,1-2,6,12,17-21H2,3H3,(H,37,42)/t25?,26-,28+,29-,30+,31+,35-/m0/s1. The van der Waals surface area contributed by atoms with Gasteiger partial charge in [-0.15, -0.1) is 13.2 Å². The predicted octanol–water partition coefficient (Wildman–Crippen LogP) is 3.32. The van der Waals surface area contributed by atoms with E-state index in [1.165, 1.54) is 9.80 Å². The Kier molecular flexibility index (Phi) is 10.8. The maximum Gasteiger partial charge on any atom is 0.306 e. The first-order chi connectivity index (χ1) is 22.7. The number of amides is 3. The Balaban J connectivity index is 1.46. The highest BCUT2D eigenvalue weighted by molar-refractivity contribution is 9.09. The fourth-order valence-electron chi connectivity index (χ4n) is 7.06. The molecular weight excluding hydrogens is 670 g/mol. The minimum atomic E-state index is -1.32. The average molecular weight is 711 g/mol. The van der Waals surface area contributed by atoms with E-state index in [2.05, 4.69) is 34.4 Å². The Morgan fingerprint density at radius 3 is 2.53 bits per heavy atom. The molecule has 250 valence electrons. The molecule has 2 aromatic rings. The molecule has 7 atom stereocenters. The molecule has 0 aromatic heterocycles. The van der Waals surface area contributed by atoms with Gasteiger partial charge in [0.1, 0.15) is 24.0 Å². The topological polar surface area (TPSA) is 135 Å². The van der Waals surface area contributed by atoms with Gasteiger partial charge in [-0.1, -0.05) is 58.4 Å². The number of esters is 1. The summed E-state index contributed by atoms with van der Waals surface area (Å²) in [7, 11) is 1.55. The summed E-state index contributed by atoms with van der Waals surface area (Å²) in [5, 5.41) is 13.0. The lowest BCUT2D eigenvalue weighted by Crippen LogP contribution is -2.57. The molecule has 47 heavy (non-hydrogen) atoms. The van der Waals surface area contributed by atoms with E-state index in [4.69, 9.17) is 14.2 Å². The van der Waals surface area contributed by atoms with Crippen LogP contribution in [0.1, 0.15) is 30.9 Å². The molecule has 3 heterocycles. The van der Waals surface area contributed by atoms with E-state index in [9.17, 15) is 24.3 Å². The van der Waals surface area contributed by atoms with Gasteiger partial charge in [0.2, 0.25) is 11.8 Å². The molecule has 1 spiro atoms. The van der Waals surface area contributed by atoms with Gasteiger partial charge in [0, 0.05) is 30.0 Å². The predicted molar refractivity (Wildman–Crippen MR) is 178 cm³/mol. The number of ether oxygens (including phenoxy) is 3. The SMILES string of the molecule is C=CCCC(=O)OC[C@H](NC(=O)[C@H]1[C@@H]2O[C@@]3(CC2Br)[C@@H]1C(=O)N(CCO)[C@@H]3C(=O)N(CC=C)c1ccc(OC)cc1)c1ccccc1. The summed E-state index contributed by atoms with van der Waals surface area (Å²) in [4.78, 5) is 57.8. The van der Waals surface area contributed by atoms with E-state index < -0.39 is 59.3 Å². The van der Waals surface area contributed by atoms with Crippen molar-refractivity contribution >= 4 is 45.3 Å². The molecule has 11 nitrogen and oxygen atoms in total. The third-order valence-electron chi connectivity index (χ3n) is 9.11. The lowest BCUT2D eigenvalue weighted by atomic mass is 9.70. The Morgan fingerprint density at radius 2 is 1.89 bits per heavy atom. The fraction of sp³-hybridized carbons (Fsp3) is 0.429. The number of anilines is 1. The minimum Gasteiger partial charge on any atom is -0.497 e. The van der Waals surface area contributed by atoms with Gasteiger partial charge < -0.3 is 34.4 Å². The minimum absolute atomic E-state index is 0.110. The number of halogens is 1. The summed E-state index contributed by atoms with van der Waals surface area (Å²) in [5.41, 5.74) is -0.0357. The Bertz CT molecular complexity index is 1490. The zero-order chi connectivity index (χ0) is 33.7. The van der Waals surface area contributed by atoms with Crippen LogP contribution in [0.15, 0.2) is 79.9 Å². The van der Waals surface area contributed by atoms with Crippen LogP contribution in [0.4, 0.5) is 5.69 Å². The van der Waals surface area contributed by atoms with Crippen LogP contribution in [0.25, 0.3) is 0 Å².